The van der Waals surface area contributed by atoms with Crippen LogP contribution in [0.5, 0.6) is 0 Å². The number of ether oxygens (including phenoxy) is 3. The Morgan fingerprint density at radius 1 is 0.551 bits per heavy atom. The van der Waals surface area contributed by atoms with Crippen molar-refractivity contribution in [3.63, 3.8) is 0 Å². The van der Waals surface area contributed by atoms with E-state index in [-0.39, 0.29) is 56.2 Å². The van der Waals surface area contributed by atoms with E-state index in [0.717, 1.165) is 67.4 Å². The zero-order chi connectivity index (χ0) is 58.7. The van der Waals surface area contributed by atoms with Crippen LogP contribution in [0.4, 0.5) is 78.4 Å². The molecule has 4 amide bonds. The quantitative estimate of drug-likeness (QED) is 0.132. The molecule has 4 heterocycles. The number of carbonyl (C=O) groups excluding carboxylic acids is 5. The lowest BCUT2D eigenvalue weighted by molar-refractivity contribution is -0.308. The molecule has 0 aliphatic carbocycles. The van der Waals surface area contributed by atoms with Gasteiger partial charge in [0.05, 0.1) is 0 Å². The Morgan fingerprint density at radius 2 is 0.897 bits per heavy atom. The first-order valence-electron chi connectivity index (χ1n) is 24.0. The van der Waals surface area contributed by atoms with Crippen LogP contribution in [0.3, 0.4) is 0 Å². The number of anilines is 2. The number of nitrogens with one attached hydrogen (secondary N) is 2. The van der Waals surface area contributed by atoms with Gasteiger partial charge in [0, 0.05) is 151 Å². The van der Waals surface area contributed by atoms with Crippen LogP contribution in [-0.4, -0.2) is 182 Å². The van der Waals surface area contributed by atoms with E-state index in [9.17, 15) is 76.7 Å². The van der Waals surface area contributed by atoms with Crippen molar-refractivity contribution < 1.29 is 90.9 Å². The van der Waals surface area contributed by atoms with E-state index < -0.39 is 54.0 Å². The van der Waals surface area contributed by atoms with Crippen LogP contribution in [0.2, 0.25) is 10.0 Å². The summed E-state index contributed by atoms with van der Waals surface area (Å²) in [5.74, 6) is -0.104. The molecule has 4 fully saturated rings. The predicted molar refractivity (Wildman–Crippen MR) is 262 cm³/mol. The van der Waals surface area contributed by atoms with Crippen molar-refractivity contribution >= 4 is 75.6 Å². The molecule has 4 saturated heterocycles. The molecule has 78 heavy (non-hydrogen) atoms. The zero-order valence-electron chi connectivity index (χ0n) is 42.7. The monoisotopic (exact) mass is 1200 g/mol. The summed E-state index contributed by atoms with van der Waals surface area (Å²) >= 11 is 16.7. The minimum Gasteiger partial charge on any atom is -0.444 e. The van der Waals surface area contributed by atoms with Crippen LogP contribution in [-0.2, 0) is 36.9 Å². The van der Waals surface area contributed by atoms with Gasteiger partial charge < -0.3 is 44.4 Å². The number of hydrogen-bond donors (Lipinski definition) is 2. The van der Waals surface area contributed by atoms with Gasteiger partial charge in [0.25, 0.3) is 12.2 Å². The highest BCUT2D eigenvalue weighted by atomic mass is 35.5. The summed E-state index contributed by atoms with van der Waals surface area (Å²) in [4.78, 5) is 68.0. The summed E-state index contributed by atoms with van der Waals surface area (Å²) in [7, 11) is 0. The summed E-state index contributed by atoms with van der Waals surface area (Å²) in [5.41, 5.74) is 1.50. The maximum atomic E-state index is 12.7. The highest BCUT2D eigenvalue weighted by Crippen LogP contribution is 2.38. The molecule has 4 aliphatic heterocycles. The van der Waals surface area contributed by atoms with E-state index in [0.29, 0.717) is 42.8 Å². The predicted octanol–water partition coefficient (Wildman–Crippen LogP) is 9.76. The molecule has 2 aromatic carbocycles. The molecule has 0 bridgehead atoms. The molecule has 0 radical (unpaired) electrons. The van der Waals surface area contributed by atoms with Crippen LogP contribution >= 0.6 is 34.8 Å². The second-order valence-electron chi connectivity index (χ2n) is 19.5. The highest BCUT2D eigenvalue weighted by molar-refractivity contribution is 6.61. The molecule has 2 aromatic rings. The van der Waals surface area contributed by atoms with E-state index in [1.165, 1.54) is 12.5 Å². The van der Waals surface area contributed by atoms with Gasteiger partial charge in [-0.3, -0.25) is 19.4 Å². The first-order chi connectivity index (χ1) is 35.9. The Bertz CT molecular complexity index is 2340. The molecule has 0 spiro atoms. The number of carbonyl (C=O) groups is 5. The lowest BCUT2D eigenvalue weighted by Gasteiger charge is -2.36. The van der Waals surface area contributed by atoms with Gasteiger partial charge in [0.15, 0.2) is 0 Å². The fraction of sp³-hybridized carbons (Fsp3) is 0.638. The third-order valence-corrected chi connectivity index (χ3v) is 12.6. The molecule has 16 nitrogen and oxygen atoms in total. The van der Waals surface area contributed by atoms with Crippen molar-refractivity contribution in [2.24, 2.45) is 0 Å². The van der Waals surface area contributed by atoms with Gasteiger partial charge in [0.1, 0.15) is 5.60 Å². The Labute approximate surface area is 456 Å². The van der Waals surface area contributed by atoms with E-state index in [1.807, 2.05) is 49.9 Å². The largest absolute Gasteiger partial charge is 0.444 e. The van der Waals surface area contributed by atoms with Gasteiger partial charge >= 0.3 is 42.3 Å². The SMILES string of the molecule is CC(=O)NC1CCN(c2cc(Cl)ccc2CN2CCN(C(=O)OC(C(F)(F)F)C(F)(F)F)CC2)C1.CC(=O)NC1CCN(c2cc(Cl)ccc2CN2CCN(C(=O)OC(C)(C)C)CC2)C1.O=C(Cl)OC(C(F)(F)F)C(F)(F)F. The molecule has 0 aromatic heterocycles. The molecule has 2 unspecified atom stereocenters. The van der Waals surface area contributed by atoms with Gasteiger partial charge in [0.2, 0.25) is 11.8 Å². The summed E-state index contributed by atoms with van der Waals surface area (Å²) in [6, 6.07) is 11.6. The number of halogens is 15. The fourth-order valence-corrected chi connectivity index (χ4v) is 9.01. The van der Waals surface area contributed by atoms with Crippen LogP contribution < -0.4 is 20.4 Å². The molecule has 2 atom stereocenters. The van der Waals surface area contributed by atoms with Crippen molar-refractivity contribution in [3.05, 3.63) is 57.6 Å². The van der Waals surface area contributed by atoms with Gasteiger partial charge in [-0.05, 0) is 69.0 Å². The molecule has 4 aliphatic rings. The van der Waals surface area contributed by atoms with Crippen molar-refractivity contribution in [1.29, 1.82) is 0 Å². The Kier molecular flexibility index (Phi) is 23.0. The molecule has 6 rings (SSSR count). The number of rotatable bonds is 10. The Balaban J connectivity index is 0.000000277. The van der Waals surface area contributed by atoms with E-state index >= 15 is 0 Å². The average Bonchev–Trinajstić information content (AvgIpc) is 3.96. The van der Waals surface area contributed by atoms with E-state index in [4.69, 9.17) is 27.9 Å². The topological polar surface area (TPSA) is 157 Å². The first kappa shape index (κ1) is 65.5. The van der Waals surface area contributed by atoms with Gasteiger partial charge in [-0.15, -0.1) is 0 Å². The van der Waals surface area contributed by atoms with Gasteiger partial charge in [-0.2, -0.15) is 52.7 Å². The van der Waals surface area contributed by atoms with Gasteiger partial charge in [-0.1, -0.05) is 35.3 Å². The number of hydrogen-bond acceptors (Lipinski definition) is 12. The minimum atomic E-state index is -5.75. The van der Waals surface area contributed by atoms with Crippen LogP contribution in [0.15, 0.2) is 36.4 Å². The van der Waals surface area contributed by atoms with Gasteiger partial charge in [-0.25, -0.2) is 14.4 Å². The fourth-order valence-electron chi connectivity index (χ4n) is 8.59. The molecular weight excluding hydrogens is 1140 g/mol. The molecule has 2 N–H and O–H groups in total. The first-order valence-corrected chi connectivity index (χ1v) is 25.1. The van der Waals surface area contributed by atoms with Crippen molar-refractivity contribution in [2.45, 2.75) is 115 Å². The third kappa shape index (κ3) is 21.2. The van der Waals surface area contributed by atoms with E-state index in [1.54, 1.807) is 17.9 Å². The third-order valence-electron chi connectivity index (χ3n) is 12.0. The maximum Gasteiger partial charge on any atom is 0.434 e. The normalized spacial score (nSPS) is 18.9. The number of alkyl halides is 12. The zero-order valence-corrected chi connectivity index (χ0v) is 45.0. The summed E-state index contributed by atoms with van der Waals surface area (Å²) in [6.45, 7) is 16.1. The molecular formula is C47H59Cl3F12N8O8. The number of amides is 4. The number of piperazine rings is 2. The number of benzene rings is 2. The van der Waals surface area contributed by atoms with Crippen LogP contribution in [0.25, 0.3) is 0 Å². The second-order valence-corrected chi connectivity index (χ2v) is 20.7. The smallest absolute Gasteiger partial charge is 0.434 e. The summed E-state index contributed by atoms with van der Waals surface area (Å²) in [5, 5.41) is 7.15. The Hall–Kier alpha value is -5.06. The van der Waals surface area contributed by atoms with Crippen LogP contribution in [0.1, 0.15) is 58.6 Å². The average molecular weight is 1200 g/mol. The summed E-state index contributed by atoms with van der Waals surface area (Å²) in [6.07, 6.45) is -31.5. The minimum absolute atomic E-state index is 0.00566. The van der Waals surface area contributed by atoms with Crippen molar-refractivity contribution in [3.8, 4) is 0 Å². The standard InChI is InChI=1S/C22H33ClN4O3.C21H25ClF6N4O3.C4HClF6O2/c1-16(28)24-19-7-8-27(15-19)20-13-18(23)6-5-17(20)14-25-9-11-26(12-10-25)21(29)30-22(2,3)4;1-13(33)29-16-4-5-32(12-16)17-10-15(22)3-2-14(17)11-30-6-8-31(9-7-30)19(34)35-18(20(23,24)25)21(26,27)28;5-2(12)13-1(3(6,7)8)4(9,10)11/h5-6,13,19H,7-12,14-15H2,1-4H3,(H,24,28);2-3,10,16,18H,4-9,11-12H2,1H3,(H,29,33);1H. The lowest BCUT2D eigenvalue weighted by atomic mass is 10.1. The van der Waals surface area contributed by atoms with E-state index in [2.05, 4.69) is 52.5 Å². The summed E-state index contributed by atoms with van der Waals surface area (Å²) < 4.78 is 157. The van der Waals surface area contributed by atoms with Crippen LogP contribution in [0, 0.1) is 0 Å². The highest BCUT2D eigenvalue weighted by Gasteiger charge is 2.61. The second kappa shape index (κ2) is 27.4. The van der Waals surface area contributed by atoms with Crippen molar-refractivity contribution in [2.75, 3.05) is 88.3 Å². The maximum absolute atomic E-state index is 12.7. The lowest BCUT2D eigenvalue weighted by Crippen LogP contribution is -2.52. The molecule has 0 saturated carbocycles. The van der Waals surface area contributed by atoms with Crippen molar-refractivity contribution in [1.82, 2.24) is 30.2 Å². The molecule has 440 valence electrons. The molecule has 31 heteroatoms. The number of nitrogens with zero attached hydrogens (tertiary/aromatic N) is 6. The Morgan fingerprint density at radius 3 is 1.21 bits per heavy atom.